The Labute approximate surface area is 164 Å². The molecule has 1 aromatic carbocycles. The van der Waals surface area contributed by atoms with Crippen LogP contribution in [-0.2, 0) is 32.5 Å². The quantitative estimate of drug-likeness (QED) is 0.803. The molecule has 8 nitrogen and oxygen atoms in total. The predicted molar refractivity (Wildman–Crippen MR) is 102 cm³/mol. The van der Waals surface area contributed by atoms with Crippen LogP contribution in [0.25, 0.3) is 0 Å². The lowest BCUT2D eigenvalue weighted by Gasteiger charge is -2.26. The van der Waals surface area contributed by atoms with Crippen molar-refractivity contribution in [3.63, 3.8) is 0 Å². The van der Waals surface area contributed by atoms with Gasteiger partial charge < -0.3 is 14.6 Å². The van der Waals surface area contributed by atoms with Crippen LogP contribution in [0.1, 0.15) is 29.4 Å². The first-order valence-corrected chi connectivity index (χ1v) is 10.9. The Bertz CT molecular complexity index is 980. The fourth-order valence-corrected chi connectivity index (χ4v) is 5.24. The monoisotopic (exact) mass is 404 g/mol. The lowest BCUT2D eigenvalue weighted by Crippen LogP contribution is -2.40. The van der Waals surface area contributed by atoms with Crippen molar-refractivity contribution < 1.29 is 17.9 Å². The Morgan fingerprint density at radius 1 is 1.32 bits per heavy atom. The van der Waals surface area contributed by atoms with E-state index in [0.29, 0.717) is 26.3 Å². The van der Waals surface area contributed by atoms with Crippen LogP contribution in [0.4, 0.5) is 0 Å². The van der Waals surface area contributed by atoms with E-state index in [2.05, 4.69) is 10.3 Å². The number of aryl methyl sites for hydroxylation is 2. The zero-order valence-electron chi connectivity index (χ0n) is 15.8. The summed E-state index contributed by atoms with van der Waals surface area (Å²) in [7, 11) is -3.55. The van der Waals surface area contributed by atoms with Crippen molar-refractivity contribution in [3.05, 3.63) is 47.5 Å². The maximum Gasteiger partial charge on any atom is 0.243 e. The molecule has 28 heavy (non-hydrogen) atoms. The third-order valence-electron chi connectivity index (χ3n) is 5.38. The van der Waals surface area contributed by atoms with E-state index in [9.17, 15) is 13.2 Å². The number of hydrogen-bond donors (Lipinski definition) is 1. The van der Waals surface area contributed by atoms with Crippen molar-refractivity contribution in [3.8, 4) is 0 Å². The molecule has 2 aliphatic rings. The smallest absolute Gasteiger partial charge is 0.243 e. The van der Waals surface area contributed by atoms with Crippen LogP contribution in [0.15, 0.2) is 35.5 Å². The molecule has 150 valence electrons. The van der Waals surface area contributed by atoms with Crippen LogP contribution < -0.4 is 5.32 Å². The average Bonchev–Trinajstić information content (AvgIpc) is 3.28. The van der Waals surface area contributed by atoms with E-state index in [4.69, 9.17) is 4.74 Å². The lowest BCUT2D eigenvalue weighted by molar-refractivity contribution is -0.122. The number of hydrogen-bond acceptors (Lipinski definition) is 5. The highest BCUT2D eigenvalue weighted by Gasteiger charge is 2.30. The number of amides is 1. The topological polar surface area (TPSA) is 93.5 Å². The number of rotatable bonds is 5. The molecule has 0 radical (unpaired) electrons. The first-order chi connectivity index (χ1) is 13.4. The maximum atomic E-state index is 12.9. The highest BCUT2D eigenvalue weighted by atomic mass is 32.2. The summed E-state index contributed by atoms with van der Waals surface area (Å²) in [5.41, 5.74) is 1.98. The summed E-state index contributed by atoms with van der Waals surface area (Å²) in [6.07, 6.45) is 5.02. The molecule has 4 rings (SSSR count). The van der Waals surface area contributed by atoms with Crippen LogP contribution >= 0.6 is 0 Å². The third-order valence-corrected chi connectivity index (χ3v) is 7.27. The van der Waals surface area contributed by atoms with Gasteiger partial charge in [-0.25, -0.2) is 13.4 Å². The van der Waals surface area contributed by atoms with Crippen LogP contribution in [0.2, 0.25) is 0 Å². The van der Waals surface area contributed by atoms with E-state index in [1.165, 1.54) is 4.31 Å². The van der Waals surface area contributed by atoms with E-state index in [-0.39, 0.29) is 23.4 Å². The van der Waals surface area contributed by atoms with E-state index in [1.807, 2.05) is 13.0 Å². The van der Waals surface area contributed by atoms with Crippen molar-refractivity contribution in [1.82, 2.24) is 19.2 Å². The summed E-state index contributed by atoms with van der Waals surface area (Å²) in [6, 6.07) is 5.09. The number of aromatic nitrogens is 2. The van der Waals surface area contributed by atoms with Gasteiger partial charge in [0.15, 0.2) is 0 Å². The van der Waals surface area contributed by atoms with Gasteiger partial charge in [0.25, 0.3) is 0 Å². The predicted octanol–water partition coefficient (Wildman–Crippen LogP) is 1.02. The highest BCUT2D eigenvalue weighted by molar-refractivity contribution is 7.89. The molecule has 0 saturated carbocycles. The fourth-order valence-electron chi connectivity index (χ4n) is 3.79. The Morgan fingerprint density at radius 3 is 2.82 bits per heavy atom. The third kappa shape index (κ3) is 3.69. The van der Waals surface area contributed by atoms with Gasteiger partial charge in [-0.2, -0.15) is 4.31 Å². The molecule has 1 N–H and O–H groups in total. The van der Waals surface area contributed by atoms with Crippen LogP contribution in [0.3, 0.4) is 0 Å². The summed E-state index contributed by atoms with van der Waals surface area (Å²) in [5, 5.41) is 3.04. The maximum absolute atomic E-state index is 12.9. The lowest BCUT2D eigenvalue weighted by atomic mass is 10.1. The molecule has 0 unspecified atom stereocenters. The number of morpholine rings is 1. The Kier molecular flexibility index (Phi) is 5.22. The van der Waals surface area contributed by atoms with E-state index in [0.717, 1.165) is 29.8 Å². The fraction of sp³-hybridized carbons (Fsp3) is 0.474. The second-order valence-corrected chi connectivity index (χ2v) is 9.08. The summed E-state index contributed by atoms with van der Waals surface area (Å²) >= 11 is 0. The summed E-state index contributed by atoms with van der Waals surface area (Å²) in [5.74, 6) is 0.668. The normalized spacial score (nSPS) is 20.1. The van der Waals surface area contributed by atoms with Crippen molar-refractivity contribution in [1.29, 1.82) is 0 Å². The Balaban J connectivity index is 1.52. The number of sulfonamides is 1. The largest absolute Gasteiger partial charge is 0.379 e. The van der Waals surface area contributed by atoms with Crippen molar-refractivity contribution >= 4 is 15.9 Å². The summed E-state index contributed by atoms with van der Waals surface area (Å²) < 4.78 is 34.4. The molecule has 1 amide bonds. The van der Waals surface area contributed by atoms with E-state index in [1.54, 1.807) is 29.1 Å². The minimum atomic E-state index is -3.55. The van der Waals surface area contributed by atoms with Gasteiger partial charge >= 0.3 is 0 Å². The molecule has 1 saturated heterocycles. The zero-order valence-corrected chi connectivity index (χ0v) is 16.6. The Hall–Kier alpha value is -2.23. The number of benzene rings is 1. The summed E-state index contributed by atoms with van der Waals surface area (Å²) in [6.45, 7) is 3.60. The second-order valence-electron chi connectivity index (χ2n) is 7.14. The molecule has 2 heterocycles. The molecule has 0 spiro atoms. The van der Waals surface area contributed by atoms with Crippen LogP contribution in [0.5, 0.6) is 0 Å². The van der Waals surface area contributed by atoms with Gasteiger partial charge in [0.2, 0.25) is 15.9 Å². The molecule has 1 aliphatic heterocycles. The van der Waals surface area contributed by atoms with E-state index >= 15 is 0 Å². The van der Waals surface area contributed by atoms with Crippen molar-refractivity contribution in [2.24, 2.45) is 0 Å². The molecule has 1 aliphatic carbocycles. The van der Waals surface area contributed by atoms with Gasteiger partial charge in [-0.1, -0.05) is 6.07 Å². The first-order valence-electron chi connectivity index (χ1n) is 9.43. The second kappa shape index (κ2) is 7.65. The number of nitrogens with one attached hydrogen (secondary N) is 1. The molecular formula is C19H24N4O4S. The first kappa shape index (κ1) is 19.1. The number of fused-ring (bicyclic) bond motifs is 1. The number of carbonyl (C=O) groups excluding carboxylic acids is 1. The van der Waals surface area contributed by atoms with Gasteiger partial charge in [-0.15, -0.1) is 0 Å². The Morgan fingerprint density at radius 2 is 2.11 bits per heavy atom. The molecule has 9 heteroatoms. The average molecular weight is 404 g/mol. The zero-order chi connectivity index (χ0) is 19.7. The highest BCUT2D eigenvalue weighted by Crippen LogP contribution is 2.33. The number of nitrogens with zero attached hydrogens (tertiary/aromatic N) is 3. The van der Waals surface area contributed by atoms with Crippen molar-refractivity contribution in [2.45, 2.75) is 37.2 Å². The minimum absolute atomic E-state index is 0.111. The van der Waals surface area contributed by atoms with Crippen molar-refractivity contribution in [2.75, 3.05) is 26.3 Å². The molecule has 0 bridgehead atoms. The number of carbonyl (C=O) groups is 1. The standard InChI is InChI=1S/C19H24N4O4S/c1-14-20-6-7-22(14)13-19(24)21-18-5-3-15-2-4-16(12-17(15)18)28(25,26)23-8-10-27-11-9-23/h2,4,6-7,12,18H,3,5,8-11,13H2,1H3,(H,21,24)/t18-/m0/s1. The number of ether oxygens (including phenoxy) is 1. The van der Waals surface area contributed by atoms with Gasteiger partial charge in [-0.05, 0) is 43.0 Å². The molecule has 2 aromatic rings. The van der Waals surface area contributed by atoms with Gasteiger partial charge in [0, 0.05) is 25.5 Å². The SMILES string of the molecule is Cc1nccn1CC(=O)N[C@H]1CCc2ccc(S(=O)(=O)N3CCOCC3)cc21. The molecular weight excluding hydrogens is 380 g/mol. The number of imidazole rings is 1. The van der Waals surface area contributed by atoms with Crippen LogP contribution in [-0.4, -0.2) is 54.5 Å². The van der Waals surface area contributed by atoms with E-state index < -0.39 is 10.0 Å². The van der Waals surface area contributed by atoms with Gasteiger partial charge in [0.1, 0.15) is 12.4 Å². The molecule has 1 aromatic heterocycles. The minimum Gasteiger partial charge on any atom is -0.379 e. The molecule has 1 atom stereocenters. The van der Waals surface area contributed by atoms with Gasteiger partial charge in [0.05, 0.1) is 24.2 Å². The summed E-state index contributed by atoms with van der Waals surface area (Å²) in [4.78, 5) is 16.9. The van der Waals surface area contributed by atoms with Crippen LogP contribution in [0, 0.1) is 6.92 Å². The van der Waals surface area contributed by atoms with Gasteiger partial charge in [-0.3, -0.25) is 4.79 Å². The molecule has 1 fully saturated rings.